The van der Waals surface area contributed by atoms with Gasteiger partial charge in [0.2, 0.25) is 0 Å². The Morgan fingerprint density at radius 2 is 1.35 bits per heavy atom. The highest BCUT2D eigenvalue weighted by atomic mass is 16.5. The fraction of sp³-hybridized carbons (Fsp3) is 0.137. The molecule has 6 aromatic carbocycles. The van der Waals surface area contributed by atoms with Gasteiger partial charge in [-0.3, -0.25) is 0 Å². The van der Waals surface area contributed by atoms with Gasteiger partial charge in [-0.1, -0.05) is 129 Å². The Bertz CT molecular complexity index is 2720. The van der Waals surface area contributed by atoms with Gasteiger partial charge < -0.3 is 14.2 Å². The molecular formula is C51H40N2O. The SMILES string of the molecule is CC1(C)C2=C(CCC=C2)c2ccc(N(C3=CC(n4c5ccccc5c5ccccc54)=CC4c5ccccc5OC34)c3ccc(-c4ccccc4)cc3)cc21. The van der Waals surface area contributed by atoms with Crippen LogP contribution >= 0.6 is 0 Å². The van der Waals surface area contributed by atoms with Gasteiger partial charge in [-0.05, 0) is 101 Å². The number of allylic oxidation sites excluding steroid dienone is 6. The molecule has 2 atom stereocenters. The van der Waals surface area contributed by atoms with E-state index in [1.165, 1.54) is 60.8 Å². The van der Waals surface area contributed by atoms with Crippen molar-refractivity contribution in [2.75, 3.05) is 4.90 Å². The first kappa shape index (κ1) is 31.2. The minimum absolute atomic E-state index is 0.0344. The predicted octanol–water partition coefficient (Wildman–Crippen LogP) is 13.0. The highest BCUT2D eigenvalue weighted by molar-refractivity contribution is 6.10. The molecule has 54 heavy (non-hydrogen) atoms. The number of ether oxygens (including phenoxy) is 1. The molecule has 11 rings (SSSR count). The van der Waals surface area contributed by atoms with Crippen LogP contribution in [0.15, 0.2) is 181 Å². The van der Waals surface area contributed by atoms with Gasteiger partial charge in [-0.2, -0.15) is 0 Å². The van der Waals surface area contributed by atoms with E-state index in [-0.39, 0.29) is 17.4 Å². The molecule has 0 saturated carbocycles. The number of benzene rings is 6. The van der Waals surface area contributed by atoms with E-state index in [1.54, 1.807) is 0 Å². The fourth-order valence-corrected chi connectivity index (χ4v) is 9.66. The highest BCUT2D eigenvalue weighted by Crippen LogP contribution is 2.53. The standard InChI is InChI=1S/C51H40N2O/c1-51(2)44-20-10-6-16-38(44)39-29-28-36(31-45(39)51)52(35-26-24-34(25-27-35)33-14-4-3-5-15-33)48-32-37(30-43-42-19-9-13-23-49(42)54-50(43)48)53-46-21-11-7-17-40(46)41-18-8-12-22-47(41)53/h3-5,7-15,17-32,43,50H,6,16H2,1-2H3. The normalized spacial score (nSPS) is 19.1. The molecule has 0 radical (unpaired) electrons. The van der Waals surface area contributed by atoms with Gasteiger partial charge >= 0.3 is 0 Å². The molecule has 0 amide bonds. The molecule has 0 spiro atoms. The van der Waals surface area contributed by atoms with E-state index < -0.39 is 0 Å². The number of rotatable bonds is 5. The Kier molecular flexibility index (Phi) is 6.85. The van der Waals surface area contributed by atoms with Gasteiger partial charge in [0.15, 0.2) is 0 Å². The summed E-state index contributed by atoms with van der Waals surface area (Å²) in [5.41, 5.74) is 16.2. The number of hydrogen-bond acceptors (Lipinski definition) is 2. The van der Waals surface area contributed by atoms with E-state index >= 15 is 0 Å². The van der Waals surface area contributed by atoms with Crippen molar-refractivity contribution in [2.45, 2.75) is 44.1 Å². The summed E-state index contributed by atoms with van der Waals surface area (Å²) in [6.45, 7) is 4.78. The molecule has 3 nitrogen and oxygen atoms in total. The van der Waals surface area contributed by atoms with E-state index in [1.807, 2.05) is 0 Å². The van der Waals surface area contributed by atoms with Gasteiger partial charge in [0.25, 0.3) is 0 Å². The van der Waals surface area contributed by atoms with Crippen molar-refractivity contribution in [3.05, 3.63) is 198 Å². The van der Waals surface area contributed by atoms with E-state index in [9.17, 15) is 0 Å². The molecule has 0 bridgehead atoms. The van der Waals surface area contributed by atoms with Crippen molar-refractivity contribution in [3.63, 3.8) is 0 Å². The fourth-order valence-electron chi connectivity index (χ4n) is 9.66. The minimum atomic E-state index is -0.205. The first-order valence-corrected chi connectivity index (χ1v) is 19.2. The van der Waals surface area contributed by atoms with Crippen molar-refractivity contribution < 1.29 is 4.74 Å². The summed E-state index contributed by atoms with van der Waals surface area (Å²) in [5.74, 6) is 0.989. The third kappa shape index (κ3) is 4.61. The first-order valence-electron chi connectivity index (χ1n) is 19.2. The molecular weight excluding hydrogens is 657 g/mol. The summed E-state index contributed by atoms with van der Waals surface area (Å²) in [6, 6.07) is 53.1. The van der Waals surface area contributed by atoms with Crippen LogP contribution in [0.25, 0.3) is 44.2 Å². The Hall–Kier alpha value is -6.32. The molecule has 0 saturated heterocycles. The Morgan fingerprint density at radius 1 is 0.685 bits per heavy atom. The molecule has 3 heteroatoms. The molecule has 260 valence electrons. The van der Waals surface area contributed by atoms with Crippen LogP contribution in [0.5, 0.6) is 5.75 Å². The number of nitrogens with zero attached hydrogens (tertiary/aromatic N) is 2. The average molecular weight is 697 g/mol. The van der Waals surface area contributed by atoms with E-state index in [2.05, 4.69) is 193 Å². The lowest BCUT2D eigenvalue weighted by atomic mass is 9.80. The molecule has 2 heterocycles. The third-order valence-electron chi connectivity index (χ3n) is 12.2. The lowest BCUT2D eigenvalue weighted by Crippen LogP contribution is -2.34. The summed E-state index contributed by atoms with van der Waals surface area (Å²) >= 11 is 0. The van der Waals surface area contributed by atoms with Crippen LogP contribution in [-0.4, -0.2) is 10.7 Å². The Labute approximate surface area is 316 Å². The van der Waals surface area contributed by atoms with Gasteiger partial charge in [0.1, 0.15) is 11.9 Å². The lowest BCUT2D eigenvalue weighted by molar-refractivity contribution is 0.253. The molecule has 7 aromatic rings. The lowest BCUT2D eigenvalue weighted by Gasteiger charge is -2.36. The number of hydrogen-bond donors (Lipinski definition) is 0. The maximum atomic E-state index is 7.01. The van der Waals surface area contributed by atoms with Crippen molar-refractivity contribution in [1.29, 1.82) is 0 Å². The first-order chi connectivity index (χ1) is 26.5. The number of para-hydroxylation sites is 3. The molecule has 1 aromatic heterocycles. The molecule has 3 aliphatic carbocycles. The number of anilines is 2. The quantitative estimate of drug-likeness (QED) is 0.178. The van der Waals surface area contributed by atoms with Gasteiger partial charge in [-0.15, -0.1) is 0 Å². The van der Waals surface area contributed by atoms with Crippen molar-refractivity contribution >= 4 is 44.5 Å². The number of aromatic nitrogens is 1. The molecule has 2 unspecified atom stereocenters. The molecule has 0 fully saturated rings. The van der Waals surface area contributed by atoms with Gasteiger partial charge in [0.05, 0.1) is 22.6 Å². The topological polar surface area (TPSA) is 17.4 Å². The van der Waals surface area contributed by atoms with Crippen molar-refractivity contribution in [1.82, 2.24) is 4.57 Å². The largest absolute Gasteiger partial charge is 0.483 e. The van der Waals surface area contributed by atoms with Crippen molar-refractivity contribution in [3.8, 4) is 16.9 Å². The monoisotopic (exact) mass is 696 g/mol. The van der Waals surface area contributed by atoms with Crippen LogP contribution < -0.4 is 9.64 Å². The average Bonchev–Trinajstić information content (AvgIpc) is 3.84. The van der Waals surface area contributed by atoms with Crippen molar-refractivity contribution in [2.24, 2.45) is 0 Å². The summed E-state index contributed by atoms with van der Waals surface area (Å²) in [7, 11) is 0. The Balaban J connectivity index is 1.15. The van der Waals surface area contributed by atoms with Gasteiger partial charge in [-0.25, -0.2) is 0 Å². The number of fused-ring (bicyclic) bond motifs is 8. The smallest absolute Gasteiger partial charge is 0.149 e. The van der Waals surface area contributed by atoms with Crippen LogP contribution in [0.4, 0.5) is 11.4 Å². The predicted molar refractivity (Wildman–Crippen MR) is 224 cm³/mol. The zero-order valence-corrected chi connectivity index (χ0v) is 30.5. The summed E-state index contributed by atoms with van der Waals surface area (Å²) < 4.78 is 9.46. The molecule has 0 N–H and O–H groups in total. The molecule has 1 aliphatic heterocycles. The second-order valence-corrected chi connectivity index (χ2v) is 15.6. The van der Waals surface area contributed by atoms with Gasteiger partial charge in [0, 0.05) is 38.8 Å². The minimum Gasteiger partial charge on any atom is -0.483 e. The summed E-state index contributed by atoms with van der Waals surface area (Å²) in [4.78, 5) is 2.47. The van der Waals surface area contributed by atoms with Crippen LogP contribution in [0.1, 0.15) is 49.3 Å². The highest BCUT2D eigenvalue weighted by Gasteiger charge is 2.42. The van der Waals surface area contributed by atoms with Crippen LogP contribution in [0.2, 0.25) is 0 Å². The van der Waals surface area contributed by atoms with Crippen LogP contribution in [0, 0.1) is 0 Å². The maximum absolute atomic E-state index is 7.01. The van der Waals surface area contributed by atoms with Crippen LogP contribution in [0.3, 0.4) is 0 Å². The van der Waals surface area contributed by atoms with E-state index in [4.69, 9.17) is 4.74 Å². The zero-order valence-electron chi connectivity index (χ0n) is 30.5. The maximum Gasteiger partial charge on any atom is 0.149 e. The third-order valence-corrected chi connectivity index (χ3v) is 12.2. The molecule has 4 aliphatic rings. The summed E-state index contributed by atoms with van der Waals surface area (Å²) in [5, 5.41) is 2.52. The summed E-state index contributed by atoms with van der Waals surface area (Å²) in [6.07, 6.45) is 11.5. The van der Waals surface area contributed by atoms with Crippen LogP contribution in [-0.2, 0) is 5.41 Å². The second-order valence-electron chi connectivity index (χ2n) is 15.6. The zero-order chi connectivity index (χ0) is 36.0. The Morgan fingerprint density at radius 3 is 2.13 bits per heavy atom. The second kappa shape index (κ2) is 11.8. The van der Waals surface area contributed by atoms with E-state index in [0.717, 1.165) is 41.4 Å². The van der Waals surface area contributed by atoms with E-state index in [0.29, 0.717) is 0 Å².